The Morgan fingerprint density at radius 2 is 2.15 bits per heavy atom. The first-order valence-electron chi connectivity index (χ1n) is 6.56. The first-order valence-corrected chi connectivity index (χ1v) is 6.56. The van der Waals surface area contributed by atoms with Crippen molar-refractivity contribution < 1.29 is 14.7 Å². The van der Waals surface area contributed by atoms with Gasteiger partial charge in [-0.1, -0.05) is 0 Å². The summed E-state index contributed by atoms with van der Waals surface area (Å²) in [6.45, 7) is 1.06. The van der Waals surface area contributed by atoms with E-state index in [1.165, 1.54) is 0 Å². The third-order valence-corrected chi connectivity index (χ3v) is 3.39. The summed E-state index contributed by atoms with van der Waals surface area (Å²) in [6.07, 6.45) is 4.60. The number of likely N-dealkylation sites (tertiary alicyclic amines) is 1. The molecule has 1 aromatic heterocycles. The van der Waals surface area contributed by atoms with E-state index >= 15 is 0 Å². The van der Waals surface area contributed by atoms with Crippen LogP contribution in [0.25, 0.3) is 0 Å². The lowest BCUT2D eigenvalue weighted by Crippen LogP contribution is -2.46. The SMILES string of the molecule is CN(CC(=O)N1CCCC(C(=O)O)C1)c1ncccn1. The van der Waals surface area contributed by atoms with Crippen molar-refractivity contribution in [1.29, 1.82) is 0 Å². The third-order valence-electron chi connectivity index (χ3n) is 3.39. The summed E-state index contributed by atoms with van der Waals surface area (Å²) < 4.78 is 0. The van der Waals surface area contributed by atoms with E-state index < -0.39 is 11.9 Å². The van der Waals surface area contributed by atoms with Gasteiger partial charge in [0.2, 0.25) is 11.9 Å². The number of hydrogen-bond donors (Lipinski definition) is 1. The minimum absolute atomic E-state index is 0.0918. The molecular weight excluding hydrogens is 260 g/mol. The lowest BCUT2D eigenvalue weighted by molar-refractivity contribution is -0.145. The Hall–Kier alpha value is -2.18. The van der Waals surface area contributed by atoms with Gasteiger partial charge in [0.05, 0.1) is 12.5 Å². The largest absolute Gasteiger partial charge is 0.481 e. The number of carboxylic acid groups (broad SMARTS) is 1. The van der Waals surface area contributed by atoms with Gasteiger partial charge in [0.25, 0.3) is 0 Å². The zero-order chi connectivity index (χ0) is 14.5. The number of aliphatic carboxylic acids is 1. The fourth-order valence-corrected chi connectivity index (χ4v) is 2.27. The Kier molecular flexibility index (Phi) is 4.49. The molecule has 0 radical (unpaired) electrons. The maximum Gasteiger partial charge on any atom is 0.308 e. The van der Waals surface area contributed by atoms with Crippen LogP contribution in [0.4, 0.5) is 5.95 Å². The Morgan fingerprint density at radius 1 is 1.45 bits per heavy atom. The second-order valence-electron chi connectivity index (χ2n) is 4.92. The summed E-state index contributed by atoms with van der Waals surface area (Å²) in [5.41, 5.74) is 0. The fourth-order valence-electron chi connectivity index (χ4n) is 2.27. The Labute approximate surface area is 117 Å². The van der Waals surface area contributed by atoms with Gasteiger partial charge >= 0.3 is 5.97 Å². The molecule has 1 fully saturated rings. The van der Waals surface area contributed by atoms with Gasteiger partial charge in [0.1, 0.15) is 0 Å². The molecule has 1 atom stereocenters. The molecule has 0 aliphatic carbocycles. The van der Waals surface area contributed by atoms with E-state index in [4.69, 9.17) is 5.11 Å². The maximum atomic E-state index is 12.2. The molecule has 1 N–H and O–H groups in total. The minimum Gasteiger partial charge on any atom is -0.481 e. The average Bonchev–Trinajstić information content (AvgIpc) is 2.48. The minimum atomic E-state index is -0.831. The molecule has 1 amide bonds. The van der Waals surface area contributed by atoms with Crippen LogP contribution in [-0.4, -0.2) is 58.5 Å². The quantitative estimate of drug-likeness (QED) is 0.848. The molecule has 0 spiro atoms. The normalized spacial score (nSPS) is 18.6. The third kappa shape index (κ3) is 3.43. The van der Waals surface area contributed by atoms with Crippen LogP contribution in [0.5, 0.6) is 0 Å². The van der Waals surface area contributed by atoms with Crippen molar-refractivity contribution in [1.82, 2.24) is 14.9 Å². The van der Waals surface area contributed by atoms with E-state index in [0.717, 1.165) is 6.42 Å². The lowest BCUT2D eigenvalue weighted by atomic mass is 9.98. The highest BCUT2D eigenvalue weighted by Crippen LogP contribution is 2.17. The Bertz CT molecular complexity index is 480. The van der Waals surface area contributed by atoms with Crippen LogP contribution in [0.2, 0.25) is 0 Å². The zero-order valence-corrected chi connectivity index (χ0v) is 11.4. The molecule has 108 valence electrons. The number of hydrogen-bond acceptors (Lipinski definition) is 5. The molecule has 1 aliphatic rings. The van der Waals surface area contributed by atoms with Gasteiger partial charge in [0, 0.05) is 32.5 Å². The highest BCUT2D eigenvalue weighted by atomic mass is 16.4. The molecule has 1 unspecified atom stereocenters. The molecule has 0 bridgehead atoms. The highest BCUT2D eigenvalue weighted by molar-refractivity contribution is 5.81. The Balaban J connectivity index is 1.93. The molecule has 7 nitrogen and oxygen atoms in total. The number of carbonyl (C=O) groups excluding carboxylic acids is 1. The number of piperidine rings is 1. The molecule has 2 rings (SSSR count). The van der Waals surface area contributed by atoms with Gasteiger partial charge in [0.15, 0.2) is 0 Å². The number of carbonyl (C=O) groups is 2. The summed E-state index contributed by atoms with van der Waals surface area (Å²) in [4.78, 5) is 34.6. The molecule has 0 aromatic carbocycles. The van der Waals surface area contributed by atoms with E-state index in [0.29, 0.717) is 18.9 Å². The summed E-state index contributed by atoms with van der Waals surface area (Å²) in [5.74, 6) is -0.897. The number of rotatable bonds is 4. The average molecular weight is 278 g/mol. The van der Waals surface area contributed by atoms with Crippen LogP contribution in [-0.2, 0) is 9.59 Å². The van der Waals surface area contributed by atoms with Crippen molar-refractivity contribution in [3.05, 3.63) is 18.5 Å². The van der Waals surface area contributed by atoms with E-state index in [2.05, 4.69) is 9.97 Å². The number of anilines is 1. The van der Waals surface area contributed by atoms with E-state index in [9.17, 15) is 9.59 Å². The summed E-state index contributed by atoms with van der Waals surface area (Å²) >= 11 is 0. The van der Waals surface area contributed by atoms with Gasteiger partial charge in [-0.2, -0.15) is 0 Å². The molecule has 1 saturated heterocycles. The van der Waals surface area contributed by atoms with Crippen molar-refractivity contribution in [2.24, 2.45) is 5.92 Å². The Morgan fingerprint density at radius 3 is 2.80 bits per heavy atom. The monoisotopic (exact) mass is 278 g/mol. The van der Waals surface area contributed by atoms with Crippen LogP contribution < -0.4 is 4.90 Å². The van der Waals surface area contributed by atoms with Crippen LogP contribution >= 0.6 is 0 Å². The van der Waals surface area contributed by atoms with E-state index in [-0.39, 0.29) is 19.0 Å². The molecule has 1 aliphatic heterocycles. The summed E-state index contributed by atoms with van der Waals surface area (Å²) in [5, 5.41) is 9.03. The van der Waals surface area contributed by atoms with Crippen LogP contribution in [0.15, 0.2) is 18.5 Å². The molecule has 20 heavy (non-hydrogen) atoms. The number of carboxylic acids is 1. The molecule has 2 heterocycles. The summed E-state index contributed by atoms with van der Waals surface area (Å²) in [6, 6.07) is 1.71. The maximum absolute atomic E-state index is 12.2. The molecular formula is C13H18N4O3. The van der Waals surface area contributed by atoms with Crippen molar-refractivity contribution in [2.75, 3.05) is 31.6 Å². The fraction of sp³-hybridized carbons (Fsp3) is 0.538. The van der Waals surface area contributed by atoms with Crippen molar-refractivity contribution >= 4 is 17.8 Å². The molecule has 0 saturated carbocycles. The smallest absolute Gasteiger partial charge is 0.308 e. The van der Waals surface area contributed by atoms with Gasteiger partial charge in [-0.25, -0.2) is 9.97 Å². The van der Waals surface area contributed by atoms with Crippen molar-refractivity contribution in [2.45, 2.75) is 12.8 Å². The number of nitrogens with zero attached hydrogens (tertiary/aromatic N) is 4. The number of likely N-dealkylation sites (N-methyl/N-ethyl adjacent to an activating group) is 1. The summed E-state index contributed by atoms with van der Waals surface area (Å²) in [7, 11) is 1.74. The predicted molar refractivity (Wildman–Crippen MR) is 72.2 cm³/mol. The zero-order valence-electron chi connectivity index (χ0n) is 11.4. The van der Waals surface area contributed by atoms with Crippen molar-refractivity contribution in [3.63, 3.8) is 0 Å². The highest BCUT2D eigenvalue weighted by Gasteiger charge is 2.28. The number of amides is 1. The second-order valence-corrected chi connectivity index (χ2v) is 4.92. The van der Waals surface area contributed by atoms with Gasteiger partial charge in [-0.3, -0.25) is 9.59 Å². The molecule has 7 heteroatoms. The standard InChI is InChI=1S/C13H18N4O3/c1-16(13-14-5-3-6-15-13)9-11(18)17-7-2-4-10(8-17)12(19)20/h3,5-6,10H,2,4,7-9H2,1H3,(H,19,20). The van der Waals surface area contributed by atoms with E-state index in [1.54, 1.807) is 35.3 Å². The second kappa shape index (κ2) is 6.31. The number of aromatic nitrogens is 2. The lowest BCUT2D eigenvalue weighted by Gasteiger charge is -2.32. The molecule has 1 aromatic rings. The van der Waals surface area contributed by atoms with Gasteiger partial charge in [-0.15, -0.1) is 0 Å². The van der Waals surface area contributed by atoms with Gasteiger partial charge in [-0.05, 0) is 18.9 Å². The first-order chi connectivity index (χ1) is 9.58. The van der Waals surface area contributed by atoms with Crippen molar-refractivity contribution in [3.8, 4) is 0 Å². The topological polar surface area (TPSA) is 86.6 Å². The van der Waals surface area contributed by atoms with E-state index in [1.807, 2.05) is 0 Å². The first kappa shape index (κ1) is 14.2. The predicted octanol–water partition coefficient (Wildman–Crippen LogP) is 0.236. The van der Waals surface area contributed by atoms with Gasteiger partial charge < -0.3 is 14.9 Å². The van der Waals surface area contributed by atoms with Crippen LogP contribution in [0.3, 0.4) is 0 Å². The van der Waals surface area contributed by atoms with Crippen LogP contribution in [0.1, 0.15) is 12.8 Å². The van der Waals surface area contributed by atoms with Crippen LogP contribution in [0, 0.1) is 5.92 Å².